The summed E-state index contributed by atoms with van der Waals surface area (Å²) in [7, 11) is 0. The van der Waals surface area contributed by atoms with E-state index in [1.807, 2.05) is 48.5 Å². The molecule has 0 spiro atoms. The van der Waals surface area contributed by atoms with Crippen LogP contribution in [-0.4, -0.2) is 5.75 Å². The van der Waals surface area contributed by atoms with Crippen LogP contribution in [0.3, 0.4) is 0 Å². The molecule has 0 aliphatic carbocycles. The third-order valence-electron chi connectivity index (χ3n) is 2.44. The summed E-state index contributed by atoms with van der Waals surface area (Å²) < 4.78 is 5.70. The van der Waals surface area contributed by atoms with Crippen LogP contribution in [0.1, 0.15) is 12.0 Å². The van der Waals surface area contributed by atoms with Gasteiger partial charge in [0.25, 0.3) is 0 Å². The minimum atomic E-state index is 0.724. The summed E-state index contributed by atoms with van der Waals surface area (Å²) in [5, 5.41) is 0. The van der Waals surface area contributed by atoms with Crippen LogP contribution in [0.5, 0.6) is 11.5 Å². The van der Waals surface area contributed by atoms with E-state index >= 15 is 0 Å². The van der Waals surface area contributed by atoms with Crippen molar-refractivity contribution in [3.8, 4) is 23.3 Å². The zero-order valence-electron chi connectivity index (χ0n) is 10.5. The van der Waals surface area contributed by atoms with Crippen molar-refractivity contribution in [1.29, 1.82) is 0 Å². The molecule has 0 heterocycles. The van der Waals surface area contributed by atoms with Crippen molar-refractivity contribution in [2.45, 2.75) is 6.42 Å². The second kappa shape index (κ2) is 6.77. The number of nitrogens with two attached hydrogens (primary N) is 1. The minimum Gasteiger partial charge on any atom is -0.457 e. The fourth-order valence-electron chi connectivity index (χ4n) is 1.50. The van der Waals surface area contributed by atoms with E-state index in [4.69, 9.17) is 10.5 Å². The van der Waals surface area contributed by atoms with Gasteiger partial charge >= 0.3 is 0 Å². The van der Waals surface area contributed by atoms with Crippen molar-refractivity contribution in [1.82, 2.24) is 0 Å². The Labute approximate surface area is 119 Å². The molecule has 0 aromatic heterocycles. The molecule has 19 heavy (non-hydrogen) atoms. The topological polar surface area (TPSA) is 35.2 Å². The van der Waals surface area contributed by atoms with E-state index in [0.717, 1.165) is 34.9 Å². The molecule has 0 atom stereocenters. The molecule has 0 aliphatic heterocycles. The maximum absolute atomic E-state index is 5.70. The summed E-state index contributed by atoms with van der Waals surface area (Å²) in [4.78, 5) is 0. The van der Waals surface area contributed by atoms with Gasteiger partial charge in [-0.15, -0.1) is 0 Å². The molecule has 96 valence electrons. The Bertz CT molecular complexity index is 579. The molecule has 3 heteroatoms. The lowest BCUT2D eigenvalue weighted by Crippen LogP contribution is -1.86. The largest absolute Gasteiger partial charge is 0.457 e. The highest BCUT2D eigenvalue weighted by Gasteiger charge is 1.96. The van der Waals surface area contributed by atoms with Gasteiger partial charge in [0.1, 0.15) is 11.5 Å². The Balaban J connectivity index is 2.03. The molecular weight excluding hydrogens is 254 g/mol. The van der Waals surface area contributed by atoms with Crippen molar-refractivity contribution < 1.29 is 4.74 Å². The van der Waals surface area contributed by atoms with Crippen molar-refractivity contribution in [3.63, 3.8) is 0 Å². The predicted octanol–water partition coefficient (Wildman–Crippen LogP) is 3.73. The molecule has 0 bridgehead atoms. The molecule has 0 radical (unpaired) electrons. The number of nitrogen functional groups attached to an aromatic ring is 1. The van der Waals surface area contributed by atoms with E-state index in [1.165, 1.54) is 0 Å². The molecule has 2 aromatic rings. The van der Waals surface area contributed by atoms with Gasteiger partial charge in [-0.2, -0.15) is 12.6 Å². The molecule has 0 fully saturated rings. The Hall–Kier alpha value is -2.05. The summed E-state index contributed by atoms with van der Waals surface area (Å²) in [6.45, 7) is 0. The lowest BCUT2D eigenvalue weighted by molar-refractivity contribution is 0.483. The average Bonchev–Trinajstić information content (AvgIpc) is 2.44. The van der Waals surface area contributed by atoms with Crippen molar-refractivity contribution in [2.24, 2.45) is 0 Å². The molecule has 0 amide bonds. The maximum Gasteiger partial charge on any atom is 0.127 e. The molecule has 0 saturated carbocycles. The van der Waals surface area contributed by atoms with Crippen LogP contribution in [-0.2, 0) is 0 Å². The molecule has 2 nitrogen and oxygen atoms in total. The summed E-state index contributed by atoms with van der Waals surface area (Å²) in [5.41, 5.74) is 7.32. The lowest BCUT2D eigenvalue weighted by Gasteiger charge is -2.05. The number of anilines is 1. The number of thiol groups is 1. The number of hydrogen-bond donors (Lipinski definition) is 2. The molecule has 2 aromatic carbocycles. The van der Waals surface area contributed by atoms with E-state index in [-0.39, 0.29) is 0 Å². The normalized spacial score (nSPS) is 9.53. The monoisotopic (exact) mass is 269 g/mol. The molecule has 2 N–H and O–H groups in total. The second-order valence-corrected chi connectivity index (χ2v) is 4.42. The van der Waals surface area contributed by atoms with Crippen LogP contribution in [0.2, 0.25) is 0 Å². The van der Waals surface area contributed by atoms with Gasteiger partial charge < -0.3 is 10.5 Å². The Morgan fingerprint density at radius 2 is 1.53 bits per heavy atom. The predicted molar refractivity (Wildman–Crippen MR) is 82.7 cm³/mol. The minimum absolute atomic E-state index is 0.724. The molecule has 2 rings (SSSR count). The highest BCUT2D eigenvalue weighted by atomic mass is 32.1. The van der Waals surface area contributed by atoms with Crippen LogP contribution in [0.4, 0.5) is 5.69 Å². The second-order valence-electron chi connectivity index (χ2n) is 3.97. The van der Waals surface area contributed by atoms with Crippen LogP contribution in [0.25, 0.3) is 0 Å². The summed E-state index contributed by atoms with van der Waals surface area (Å²) in [6.07, 6.45) is 0.798. The number of hydrogen-bond acceptors (Lipinski definition) is 3. The van der Waals surface area contributed by atoms with E-state index in [2.05, 4.69) is 24.5 Å². The highest BCUT2D eigenvalue weighted by Crippen LogP contribution is 2.22. The Kier molecular flexibility index (Phi) is 4.77. The van der Waals surface area contributed by atoms with E-state index in [0.29, 0.717) is 0 Å². The standard InChI is InChI=1S/C16H15NOS/c17-14-6-10-16(11-7-14)18-15-8-4-13(5-9-15)3-1-2-12-19/h4-11,19H,2,12,17H2. The number of rotatable bonds is 3. The smallest absolute Gasteiger partial charge is 0.127 e. The van der Waals surface area contributed by atoms with Gasteiger partial charge in [-0.3, -0.25) is 0 Å². The first-order chi connectivity index (χ1) is 9.28. The van der Waals surface area contributed by atoms with Crippen molar-refractivity contribution in [2.75, 3.05) is 11.5 Å². The zero-order valence-corrected chi connectivity index (χ0v) is 11.4. The number of ether oxygens (including phenoxy) is 1. The zero-order chi connectivity index (χ0) is 13.5. The van der Waals surface area contributed by atoms with E-state index < -0.39 is 0 Å². The van der Waals surface area contributed by atoms with Crippen LogP contribution in [0, 0.1) is 11.8 Å². The molecule has 0 unspecified atom stereocenters. The SMILES string of the molecule is Nc1ccc(Oc2ccc(C#CCCS)cc2)cc1. The van der Waals surface area contributed by atoms with E-state index in [9.17, 15) is 0 Å². The lowest BCUT2D eigenvalue weighted by atomic mass is 10.2. The van der Waals surface area contributed by atoms with Crippen LogP contribution >= 0.6 is 12.6 Å². The van der Waals surface area contributed by atoms with Gasteiger partial charge in [0, 0.05) is 23.4 Å². The third kappa shape index (κ3) is 4.27. The molecular formula is C16H15NOS. The maximum atomic E-state index is 5.70. The van der Waals surface area contributed by atoms with Crippen LogP contribution < -0.4 is 10.5 Å². The van der Waals surface area contributed by atoms with Gasteiger partial charge in [-0.25, -0.2) is 0 Å². The molecule has 0 aliphatic rings. The fourth-order valence-corrected chi connectivity index (χ4v) is 1.61. The first-order valence-electron chi connectivity index (χ1n) is 6.01. The summed E-state index contributed by atoms with van der Waals surface area (Å²) in [6, 6.07) is 15.0. The number of benzene rings is 2. The van der Waals surface area contributed by atoms with Gasteiger partial charge in [0.05, 0.1) is 0 Å². The van der Waals surface area contributed by atoms with Gasteiger partial charge in [0.2, 0.25) is 0 Å². The third-order valence-corrected chi connectivity index (χ3v) is 2.66. The van der Waals surface area contributed by atoms with Crippen molar-refractivity contribution in [3.05, 3.63) is 54.1 Å². The van der Waals surface area contributed by atoms with Gasteiger partial charge in [-0.1, -0.05) is 11.8 Å². The Morgan fingerprint density at radius 1 is 0.947 bits per heavy atom. The van der Waals surface area contributed by atoms with E-state index in [1.54, 1.807) is 0 Å². The fraction of sp³-hybridized carbons (Fsp3) is 0.125. The quantitative estimate of drug-likeness (QED) is 0.506. The van der Waals surface area contributed by atoms with Gasteiger partial charge in [-0.05, 0) is 48.5 Å². The highest BCUT2D eigenvalue weighted by molar-refractivity contribution is 7.80. The first-order valence-corrected chi connectivity index (χ1v) is 6.64. The molecule has 0 saturated heterocycles. The van der Waals surface area contributed by atoms with Crippen molar-refractivity contribution >= 4 is 18.3 Å². The first kappa shape index (κ1) is 13.4. The van der Waals surface area contributed by atoms with Gasteiger partial charge in [0.15, 0.2) is 0 Å². The average molecular weight is 269 g/mol. The van der Waals surface area contributed by atoms with Crippen LogP contribution in [0.15, 0.2) is 48.5 Å². The Morgan fingerprint density at radius 3 is 2.11 bits per heavy atom. The summed E-state index contributed by atoms with van der Waals surface area (Å²) in [5.74, 6) is 8.45. The summed E-state index contributed by atoms with van der Waals surface area (Å²) >= 11 is 4.11.